The molecule has 0 rings (SSSR count). The van der Waals surface area contributed by atoms with Crippen molar-refractivity contribution in [3.05, 3.63) is 0 Å². The molecule has 19 heteroatoms. The molecule has 0 aromatic heterocycles. The summed E-state index contributed by atoms with van der Waals surface area (Å²) in [6.07, 6.45) is 51.3. The number of aliphatic hydroxyl groups is 1. The third kappa shape index (κ3) is 66.0. The van der Waals surface area contributed by atoms with E-state index < -0.39 is 97.5 Å². The summed E-state index contributed by atoms with van der Waals surface area (Å²) in [5.74, 6) is 0.215. The largest absolute Gasteiger partial charge is 0.472 e. The van der Waals surface area contributed by atoms with Gasteiger partial charge in [0.1, 0.15) is 19.3 Å². The Hall–Kier alpha value is -1.94. The highest BCUT2D eigenvalue weighted by Crippen LogP contribution is 2.45. The lowest BCUT2D eigenvalue weighted by Crippen LogP contribution is -2.30. The van der Waals surface area contributed by atoms with Gasteiger partial charge in [0.05, 0.1) is 26.4 Å². The zero-order valence-electron chi connectivity index (χ0n) is 61.4. The first kappa shape index (κ1) is 92.1. The van der Waals surface area contributed by atoms with E-state index in [2.05, 4.69) is 48.5 Å². The second-order valence-corrected chi connectivity index (χ2v) is 30.9. The first-order valence-electron chi connectivity index (χ1n) is 38.9. The average Bonchev–Trinajstić information content (AvgIpc) is 1.69. The van der Waals surface area contributed by atoms with Crippen molar-refractivity contribution in [2.75, 3.05) is 39.6 Å². The Morgan fingerprint density at radius 1 is 0.309 bits per heavy atom. The number of phosphoric acid groups is 2. The van der Waals surface area contributed by atoms with Crippen LogP contribution in [0.4, 0.5) is 0 Å². The zero-order valence-corrected chi connectivity index (χ0v) is 63.2. The molecule has 0 bridgehead atoms. The SMILES string of the molecule is CCCCCCCCCCCCCCCC(=O)O[C@H](COC(=O)CCCCCCCCC(C)C)COP(=O)(O)OC[C@H](O)COP(=O)(O)OC[C@@H](COC(=O)CCCCCCCCCCCCC(C)CC)OC(=O)CCCCCCCCCCCCCCCCC(C)CC. The van der Waals surface area contributed by atoms with Gasteiger partial charge in [-0.15, -0.1) is 0 Å². The van der Waals surface area contributed by atoms with Crippen LogP contribution in [0, 0.1) is 17.8 Å². The van der Waals surface area contributed by atoms with Gasteiger partial charge in [0, 0.05) is 25.7 Å². The molecule has 0 aromatic rings. The van der Waals surface area contributed by atoms with E-state index in [0.717, 1.165) is 108 Å². The third-order valence-electron chi connectivity index (χ3n) is 18.1. The molecule has 0 aromatic carbocycles. The summed E-state index contributed by atoms with van der Waals surface area (Å²) in [7, 11) is -9.91. The molecule has 558 valence electrons. The molecule has 17 nitrogen and oxygen atoms in total. The van der Waals surface area contributed by atoms with E-state index in [1.54, 1.807) is 0 Å². The highest BCUT2D eigenvalue weighted by Gasteiger charge is 2.30. The predicted octanol–water partition coefficient (Wildman–Crippen LogP) is 21.8. The standard InChI is InChI=1S/C75H146O17P2/c1-8-11-12-13-14-15-16-19-23-30-35-44-51-58-75(80)92-71(63-86-73(78)57-50-43-38-37-39-46-53-66(4)5)65-90-94(83,84)88-61-69(76)60-87-93(81,82)89-64-70(62-85-72(77)56-49-42-34-29-26-25-28-33-41-48-55-68(7)10-3)91-74(79)59-52-45-36-31-24-21-18-17-20-22-27-32-40-47-54-67(6)9-2/h66-71,76H,8-65H2,1-7H3,(H,81,82)(H,83,84)/t67?,68?,69-,70-,71-/m1/s1. The monoisotopic (exact) mass is 1380 g/mol. The molecule has 0 fully saturated rings. The molecule has 0 heterocycles. The quantitative estimate of drug-likeness (QED) is 0.0222. The fraction of sp³-hybridized carbons (Fsp3) is 0.947. The summed E-state index contributed by atoms with van der Waals surface area (Å²) in [6.45, 7) is 11.9. The van der Waals surface area contributed by atoms with Crippen molar-refractivity contribution in [3.8, 4) is 0 Å². The van der Waals surface area contributed by atoms with E-state index in [4.69, 9.17) is 37.0 Å². The van der Waals surface area contributed by atoms with Gasteiger partial charge >= 0.3 is 39.5 Å². The lowest BCUT2D eigenvalue weighted by atomic mass is 9.99. The van der Waals surface area contributed by atoms with Gasteiger partial charge in [-0.3, -0.25) is 37.3 Å². The summed E-state index contributed by atoms with van der Waals surface area (Å²) in [4.78, 5) is 72.7. The van der Waals surface area contributed by atoms with E-state index in [9.17, 15) is 43.2 Å². The molecule has 7 atom stereocenters. The van der Waals surface area contributed by atoms with E-state index in [0.29, 0.717) is 31.6 Å². The topological polar surface area (TPSA) is 237 Å². The number of unbranched alkanes of at least 4 members (excludes halogenated alkanes) is 39. The number of phosphoric ester groups is 2. The number of hydrogen-bond donors (Lipinski definition) is 3. The lowest BCUT2D eigenvalue weighted by molar-refractivity contribution is -0.161. The van der Waals surface area contributed by atoms with Crippen LogP contribution in [-0.2, 0) is 65.4 Å². The van der Waals surface area contributed by atoms with Crippen molar-refractivity contribution in [2.45, 2.75) is 401 Å². The van der Waals surface area contributed by atoms with Gasteiger partial charge < -0.3 is 33.8 Å². The van der Waals surface area contributed by atoms with Gasteiger partial charge in [-0.1, -0.05) is 331 Å². The van der Waals surface area contributed by atoms with Gasteiger partial charge in [-0.05, 0) is 43.4 Å². The van der Waals surface area contributed by atoms with Crippen molar-refractivity contribution < 1.29 is 80.2 Å². The molecule has 94 heavy (non-hydrogen) atoms. The lowest BCUT2D eigenvalue weighted by Gasteiger charge is -2.21. The van der Waals surface area contributed by atoms with Gasteiger partial charge in [-0.2, -0.15) is 0 Å². The maximum atomic E-state index is 13.1. The Morgan fingerprint density at radius 2 is 0.543 bits per heavy atom. The molecule has 0 saturated heterocycles. The van der Waals surface area contributed by atoms with Crippen LogP contribution in [-0.4, -0.2) is 96.7 Å². The predicted molar refractivity (Wildman–Crippen MR) is 381 cm³/mol. The smallest absolute Gasteiger partial charge is 0.462 e. The fourth-order valence-corrected chi connectivity index (χ4v) is 12.9. The van der Waals surface area contributed by atoms with Crippen molar-refractivity contribution >= 4 is 39.5 Å². The number of hydrogen-bond acceptors (Lipinski definition) is 15. The summed E-state index contributed by atoms with van der Waals surface area (Å²) in [5, 5.41) is 10.6. The molecule has 4 unspecified atom stereocenters. The van der Waals surface area contributed by atoms with Crippen LogP contribution in [0.15, 0.2) is 0 Å². The van der Waals surface area contributed by atoms with Crippen molar-refractivity contribution in [1.29, 1.82) is 0 Å². The van der Waals surface area contributed by atoms with Crippen LogP contribution in [0.2, 0.25) is 0 Å². The minimum atomic E-state index is -4.96. The van der Waals surface area contributed by atoms with Crippen LogP contribution in [0.5, 0.6) is 0 Å². The van der Waals surface area contributed by atoms with Gasteiger partial charge in [0.15, 0.2) is 12.2 Å². The molecule has 3 N–H and O–H groups in total. The van der Waals surface area contributed by atoms with Crippen molar-refractivity contribution in [2.24, 2.45) is 17.8 Å². The molecule has 0 aliphatic rings. The highest BCUT2D eigenvalue weighted by molar-refractivity contribution is 7.47. The molecular formula is C75H146O17P2. The molecule has 0 aliphatic carbocycles. The van der Waals surface area contributed by atoms with Crippen LogP contribution < -0.4 is 0 Å². The average molecular weight is 1380 g/mol. The van der Waals surface area contributed by atoms with Crippen LogP contribution >= 0.6 is 15.6 Å². The molecule has 0 aliphatic heterocycles. The minimum absolute atomic E-state index is 0.106. The molecule has 0 amide bonds. The van der Waals surface area contributed by atoms with Crippen LogP contribution in [0.25, 0.3) is 0 Å². The Morgan fingerprint density at radius 3 is 0.809 bits per heavy atom. The van der Waals surface area contributed by atoms with E-state index in [1.807, 2.05) is 0 Å². The highest BCUT2D eigenvalue weighted by atomic mass is 31.2. The second-order valence-electron chi connectivity index (χ2n) is 28.0. The Labute approximate surface area is 575 Å². The van der Waals surface area contributed by atoms with Crippen LogP contribution in [0.3, 0.4) is 0 Å². The Kier molecular flexibility index (Phi) is 64.3. The minimum Gasteiger partial charge on any atom is -0.462 e. The molecule has 0 spiro atoms. The van der Waals surface area contributed by atoms with Gasteiger partial charge in [0.25, 0.3) is 0 Å². The van der Waals surface area contributed by atoms with Crippen molar-refractivity contribution in [3.63, 3.8) is 0 Å². The second kappa shape index (κ2) is 65.7. The van der Waals surface area contributed by atoms with E-state index in [-0.39, 0.29) is 25.7 Å². The number of ether oxygens (including phenoxy) is 4. The van der Waals surface area contributed by atoms with Gasteiger partial charge in [-0.25, -0.2) is 9.13 Å². The summed E-state index contributed by atoms with van der Waals surface area (Å²) < 4.78 is 68.5. The Bertz CT molecular complexity index is 1840. The maximum absolute atomic E-state index is 13.1. The normalized spacial score (nSPS) is 14.7. The van der Waals surface area contributed by atoms with E-state index >= 15 is 0 Å². The third-order valence-corrected chi connectivity index (χ3v) is 20.0. The molecular weight excluding hydrogens is 1230 g/mol. The zero-order chi connectivity index (χ0) is 69.4. The first-order valence-corrected chi connectivity index (χ1v) is 41.9. The number of esters is 4. The first-order chi connectivity index (χ1) is 45.3. The number of rotatable bonds is 73. The summed E-state index contributed by atoms with van der Waals surface area (Å²) in [5.41, 5.74) is 0. The number of carbonyl (C=O) groups excluding carboxylic acids is 4. The number of aliphatic hydroxyl groups excluding tert-OH is 1. The van der Waals surface area contributed by atoms with Gasteiger partial charge in [0.2, 0.25) is 0 Å². The summed E-state index contributed by atoms with van der Waals surface area (Å²) in [6, 6.07) is 0. The molecule has 0 saturated carbocycles. The van der Waals surface area contributed by atoms with E-state index in [1.165, 1.54) is 186 Å². The number of carbonyl (C=O) groups is 4. The maximum Gasteiger partial charge on any atom is 0.472 e. The Balaban J connectivity index is 5.24. The van der Waals surface area contributed by atoms with Crippen LogP contribution in [0.1, 0.15) is 382 Å². The molecule has 0 radical (unpaired) electrons. The fourth-order valence-electron chi connectivity index (χ4n) is 11.4. The van der Waals surface area contributed by atoms with Crippen molar-refractivity contribution in [1.82, 2.24) is 0 Å². The summed E-state index contributed by atoms with van der Waals surface area (Å²) >= 11 is 0.